The van der Waals surface area contributed by atoms with Crippen LogP contribution in [-0.4, -0.2) is 34.3 Å². The van der Waals surface area contributed by atoms with Crippen LogP contribution in [0.15, 0.2) is 113 Å². The van der Waals surface area contributed by atoms with E-state index in [-0.39, 0.29) is 17.7 Å². The van der Waals surface area contributed by atoms with E-state index < -0.39 is 16.8 Å². The van der Waals surface area contributed by atoms with Gasteiger partial charge in [0.25, 0.3) is 5.56 Å². The number of nitrogens with zero attached hydrogens (tertiary/aromatic N) is 5. The van der Waals surface area contributed by atoms with E-state index in [4.69, 9.17) is 5.10 Å². The van der Waals surface area contributed by atoms with Crippen molar-refractivity contribution in [2.75, 3.05) is 0 Å². The van der Waals surface area contributed by atoms with Crippen LogP contribution in [0, 0.1) is 0 Å². The zero-order valence-corrected chi connectivity index (χ0v) is 19.1. The summed E-state index contributed by atoms with van der Waals surface area (Å²) >= 11 is 0. The van der Waals surface area contributed by atoms with Crippen molar-refractivity contribution in [3.05, 3.63) is 147 Å². The molecule has 36 heavy (non-hydrogen) atoms. The van der Waals surface area contributed by atoms with Crippen molar-refractivity contribution in [2.45, 2.75) is 12.1 Å². The molecule has 0 saturated heterocycles. The maximum Gasteiger partial charge on any atom is 0.330 e. The van der Waals surface area contributed by atoms with Crippen LogP contribution in [0.5, 0.6) is 0 Å². The van der Waals surface area contributed by atoms with Crippen molar-refractivity contribution >= 4 is 11.2 Å². The number of hydrogen-bond acceptors (Lipinski definition) is 5. The lowest BCUT2D eigenvalue weighted by Crippen LogP contribution is -2.38. The van der Waals surface area contributed by atoms with Gasteiger partial charge in [0.2, 0.25) is 0 Å². The molecule has 6 aromatic rings. The number of hydrogen-bond donors (Lipinski definition) is 2. The molecule has 0 fully saturated rings. The zero-order valence-electron chi connectivity index (χ0n) is 19.1. The number of aromatic nitrogens is 7. The topological polar surface area (TPSA) is 114 Å². The molecule has 3 aromatic heterocycles. The molecule has 0 atom stereocenters. The van der Waals surface area contributed by atoms with Gasteiger partial charge >= 0.3 is 5.69 Å². The van der Waals surface area contributed by atoms with E-state index in [1.807, 2.05) is 59.3 Å². The Kier molecular flexibility index (Phi) is 5.15. The Labute approximate surface area is 204 Å². The molecule has 0 amide bonds. The summed E-state index contributed by atoms with van der Waals surface area (Å²) < 4.78 is 3.18. The molecule has 3 aromatic carbocycles. The Hall–Kier alpha value is -5.05. The summed E-state index contributed by atoms with van der Waals surface area (Å²) in [6.45, 7) is 0.0401. The first-order valence-electron chi connectivity index (χ1n) is 11.4. The van der Waals surface area contributed by atoms with Crippen molar-refractivity contribution < 1.29 is 0 Å². The molecule has 6 rings (SSSR count). The first kappa shape index (κ1) is 21.5. The first-order valence-corrected chi connectivity index (χ1v) is 11.4. The highest BCUT2D eigenvalue weighted by molar-refractivity contribution is 5.68. The van der Waals surface area contributed by atoms with Gasteiger partial charge in [-0.05, 0) is 16.7 Å². The van der Waals surface area contributed by atoms with Gasteiger partial charge in [0.1, 0.15) is 17.4 Å². The second-order valence-electron chi connectivity index (χ2n) is 8.36. The van der Waals surface area contributed by atoms with Gasteiger partial charge < -0.3 is 4.98 Å². The molecule has 0 unspecified atom stereocenters. The highest BCUT2D eigenvalue weighted by atomic mass is 16.2. The number of rotatable bonds is 6. The van der Waals surface area contributed by atoms with Crippen LogP contribution in [0.3, 0.4) is 0 Å². The van der Waals surface area contributed by atoms with Gasteiger partial charge in [-0.15, -0.1) is 0 Å². The zero-order chi connectivity index (χ0) is 24.5. The van der Waals surface area contributed by atoms with E-state index in [1.165, 1.54) is 10.9 Å². The van der Waals surface area contributed by atoms with E-state index in [2.05, 4.69) is 56.3 Å². The minimum Gasteiger partial charge on any atom is -0.339 e. The number of H-pyrrole nitrogens is 2. The third-order valence-corrected chi connectivity index (χ3v) is 6.32. The van der Waals surface area contributed by atoms with Crippen molar-refractivity contribution in [1.29, 1.82) is 0 Å². The first-order chi connectivity index (χ1) is 17.7. The number of benzene rings is 3. The third kappa shape index (κ3) is 3.37. The van der Waals surface area contributed by atoms with Crippen LogP contribution in [0.2, 0.25) is 0 Å². The van der Waals surface area contributed by atoms with Gasteiger partial charge in [0.05, 0.1) is 12.9 Å². The summed E-state index contributed by atoms with van der Waals surface area (Å²) in [6.07, 6.45) is 3.06. The van der Waals surface area contributed by atoms with Gasteiger partial charge in [-0.2, -0.15) is 5.10 Å². The lowest BCUT2D eigenvalue weighted by atomic mass is 9.77. The molecular weight excluding hydrogens is 454 g/mol. The Balaban J connectivity index is 1.56. The Morgan fingerprint density at radius 1 is 0.750 bits per heavy atom. The van der Waals surface area contributed by atoms with E-state index in [9.17, 15) is 9.59 Å². The number of imidazole rings is 1. The summed E-state index contributed by atoms with van der Waals surface area (Å²) in [7, 11) is 0. The monoisotopic (exact) mass is 475 g/mol. The van der Waals surface area contributed by atoms with Crippen LogP contribution in [-0.2, 0) is 12.1 Å². The van der Waals surface area contributed by atoms with E-state index in [0.29, 0.717) is 5.82 Å². The van der Waals surface area contributed by atoms with Gasteiger partial charge in [-0.3, -0.25) is 14.3 Å². The molecule has 0 spiro atoms. The standard InChI is InChI=1S/C27H21N7O2/c35-25-23-24(29-17-28-23)33(26(36)31-25)16-22-30-18-34(32-22)27(19-10-4-1-5-11-19,20-12-6-2-7-13-20)21-14-8-3-9-15-21/h1-15,17-18H,16H2,(H,28,29)(H,31,35,36). The van der Waals surface area contributed by atoms with Gasteiger partial charge in [-0.1, -0.05) is 91.0 Å². The summed E-state index contributed by atoms with van der Waals surface area (Å²) in [5.41, 5.74) is 1.60. The average molecular weight is 476 g/mol. The third-order valence-electron chi connectivity index (χ3n) is 6.32. The van der Waals surface area contributed by atoms with Crippen LogP contribution in [0.4, 0.5) is 0 Å². The Morgan fingerprint density at radius 3 is 1.86 bits per heavy atom. The summed E-state index contributed by atoms with van der Waals surface area (Å²) in [4.78, 5) is 38.5. The molecule has 0 radical (unpaired) electrons. The van der Waals surface area contributed by atoms with E-state index >= 15 is 0 Å². The van der Waals surface area contributed by atoms with Crippen molar-refractivity contribution in [3.63, 3.8) is 0 Å². The molecule has 2 N–H and O–H groups in total. The smallest absolute Gasteiger partial charge is 0.330 e. The molecule has 0 bridgehead atoms. The van der Waals surface area contributed by atoms with Crippen molar-refractivity contribution in [1.82, 2.24) is 34.3 Å². The number of fused-ring (bicyclic) bond motifs is 1. The SMILES string of the molecule is O=c1[nH]c(=O)n(Cc2ncn(C(c3ccccc3)(c3ccccc3)c3ccccc3)n2)c2nc[nH]c12. The highest BCUT2D eigenvalue weighted by Crippen LogP contribution is 2.40. The van der Waals surface area contributed by atoms with Crippen molar-refractivity contribution in [3.8, 4) is 0 Å². The Morgan fingerprint density at radius 2 is 1.31 bits per heavy atom. The summed E-state index contributed by atoms with van der Waals surface area (Å²) in [6, 6.07) is 30.4. The summed E-state index contributed by atoms with van der Waals surface area (Å²) in [5, 5.41) is 4.88. The molecule has 9 nitrogen and oxygen atoms in total. The van der Waals surface area contributed by atoms with Crippen LogP contribution in [0.25, 0.3) is 11.2 Å². The lowest BCUT2D eigenvalue weighted by Gasteiger charge is -2.35. The van der Waals surface area contributed by atoms with E-state index in [0.717, 1.165) is 16.7 Å². The molecule has 0 aliphatic rings. The average Bonchev–Trinajstić information content (AvgIpc) is 3.60. The fraction of sp³-hybridized carbons (Fsp3) is 0.0741. The Bertz CT molecular complexity index is 1650. The minimum atomic E-state index is -0.813. The quantitative estimate of drug-likeness (QED) is 0.360. The molecule has 0 aliphatic carbocycles. The highest BCUT2D eigenvalue weighted by Gasteiger charge is 2.39. The van der Waals surface area contributed by atoms with E-state index in [1.54, 1.807) is 6.33 Å². The predicted molar refractivity (Wildman–Crippen MR) is 135 cm³/mol. The number of aromatic amines is 2. The molecule has 176 valence electrons. The second-order valence-corrected chi connectivity index (χ2v) is 8.36. The van der Waals surface area contributed by atoms with Crippen LogP contribution < -0.4 is 11.2 Å². The maximum absolute atomic E-state index is 12.6. The molecule has 9 heteroatoms. The van der Waals surface area contributed by atoms with Crippen LogP contribution in [0.1, 0.15) is 22.5 Å². The summed E-state index contributed by atoms with van der Waals surface area (Å²) in [5.74, 6) is 0.403. The molecule has 0 aliphatic heterocycles. The molecular formula is C27H21N7O2. The molecule has 0 saturated carbocycles. The lowest BCUT2D eigenvalue weighted by molar-refractivity contribution is 0.454. The van der Waals surface area contributed by atoms with Gasteiger partial charge in [-0.25, -0.2) is 19.4 Å². The number of nitrogens with one attached hydrogen (secondary N) is 2. The normalized spacial score (nSPS) is 11.7. The minimum absolute atomic E-state index is 0.0401. The fourth-order valence-electron chi connectivity index (χ4n) is 4.74. The molecule has 3 heterocycles. The predicted octanol–water partition coefficient (Wildman–Crippen LogP) is 2.89. The van der Waals surface area contributed by atoms with Crippen molar-refractivity contribution in [2.24, 2.45) is 0 Å². The maximum atomic E-state index is 12.6. The fourth-order valence-corrected chi connectivity index (χ4v) is 4.74. The van der Waals surface area contributed by atoms with Crippen LogP contribution >= 0.6 is 0 Å². The second kappa shape index (κ2) is 8.62. The largest absolute Gasteiger partial charge is 0.339 e. The van der Waals surface area contributed by atoms with Gasteiger partial charge in [0.15, 0.2) is 11.5 Å². The van der Waals surface area contributed by atoms with Gasteiger partial charge in [0, 0.05) is 0 Å².